The fourth-order valence-electron chi connectivity index (χ4n) is 3.44. The lowest BCUT2D eigenvalue weighted by Gasteiger charge is -2.40. The van der Waals surface area contributed by atoms with E-state index in [-0.39, 0.29) is 28.3 Å². The number of hydrogen-bond acceptors (Lipinski definition) is 4. The van der Waals surface area contributed by atoms with Gasteiger partial charge in [0.2, 0.25) is 0 Å². The Kier molecular flexibility index (Phi) is 4.97. The van der Waals surface area contributed by atoms with Gasteiger partial charge in [-0.05, 0) is 56.8 Å². The lowest BCUT2D eigenvalue weighted by atomic mass is 9.88. The molecule has 146 valence electrons. The van der Waals surface area contributed by atoms with Gasteiger partial charge in [-0.2, -0.15) is 0 Å². The summed E-state index contributed by atoms with van der Waals surface area (Å²) in [5.41, 5.74) is 2.39. The van der Waals surface area contributed by atoms with Crippen LogP contribution in [-0.2, 0) is 9.59 Å². The fourth-order valence-corrected chi connectivity index (χ4v) is 3.69. The van der Waals surface area contributed by atoms with E-state index in [4.69, 9.17) is 12.2 Å². The van der Waals surface area contributed by atoms with E-state index in [2.05, 4.69) is 31.8 Å². The van der Waals surface area contributed by atoms with E-state index in [9.17, 15) is 14.0 Å². The number of fused-ring (bicyclic) bond motifs is 1. The topological polar surface area (TPSA) is 52.7 Å². The Labute approximate surface area is 169 Å². The highest BCUT2D eigenvalue weighted by Crippen LogP contribution is 2.39. The third-order valence-electron chi connectivity index (χ3n) is 5.13. The summed E-state index contributed by atoms with van der Waals surface area (Å²) in [7, 11) is 1.91. The van der Waals surface area contributed by atoms with Crippen LogP contribution in [0.15, 0.2) is 36.4 Å². The maximum absolute atomic E-state index is 14.9. The van der Waals surface area contributed by atoms with Crippen LogP contribution < -0.4 is 10.2 Å². The summed E-state index contributed by atoms with van der Waals surface area (Å²) in [4.78, 5) is 28.2. The molecule has 1 aromatic carbocycles. The Morgan fingerprint density at radius 2 is 2.00 bits per heavy atom. The first-order chi connectivity index (χ1) is 13.1. The SMILES string of the molecule is C=CCN1C(=O)/C(=C/c2cc3c(cc2F)N(C)C(C)(C)C=C3C)C(=O)NC1=S. The van der Waals surface area contributed by atoms with Gasteiger partial charge in [0.05, 0.1) is 5.54 Å². The zero-order chi connectivity index (χ0) is 20.8. The molecule has 0 atom stereocenters. The van der Waals surface area contributed by atoms with Gasteiger partial charge in [0, 0.05) is 30.4 Å². The van der Waals surface area contributed by atoms with Crippen LogP contribution >= 0.6 is 12.2 Å². The monoisotopic (exact) mass is 399 g/mol. The van der Waals surface area contributed by atoms with E-state index in [1.165, 1.54) is 23.1 Å². The fraction of sp³-hybridized carbons (Fsp3) is 0.286. The molecule has 5 nitrogen and oxygen atoms in total. The quantitative estimate of drug-likeness (QED) is 0.367. The third-order valence-corrected chi connectivity index (χ3v) is 5.46. The normalized spacial score (nSPS) is 20.1. The number of benzene rings is 1. The molecule has 2 aliphatic rings. The number of amides is 2. The highest BCUT2D eigenvalue weighted by atomic mass is 32.1. The molecule has 0 bridgehead atoms. The summed E-state index contributed by atoms with van der Waals surface area (Å²) in [5, 5.41) is 2.48. The van der Waals surface area contributed by atoms with Gasteiger partial charge in [-0.3, -0.25) is 19.8 Å². The molecule has 1 saturated heterocycles. The molecular weight excluding hydrogens is 377 g/mol. The lowest BCUT2D eigenvalue weighted by molar-refractivity contribution is -0.128. The zero-order valence-electron chi connectivity index (χ0n) is 16.3. The molecule has 3 rings (SSSR count). The van der Waals surface area contributed by atoms with Crippen LogP contribution in [-0.4, -0.2) is 41.0 Å². The number of carbonyl (C=O) groups is 2. The van der Waals surface area contributed by atoms with Gasteiger partial charge in [-0.15, -0.1) is 6.58 Å². The van der Waals surface area contributed by atoms with Crippen LogP contribution in [0.2, 0.25) is 0 Å². The van der Waals surface area contributed by atoms with E-state index in [1.807, 2.05) is 18.9 Å². The number of allylic oxidation sites excluding steroid dienone is 1. The summed E-state index contributed by atoms with van der Waals surface area (Å²) < 4.78 is 14.9. The van der Waals surface area contributed by atoms with Crippen molar-refractivity contribution in [3.8, 4) is 0 Å². The second-order valence-corrected chi connectivity index (χ2v) is 7.84. The van der Waals surface area contributed by atoms with Gasteiger partial charge >= 0.3 is 0 Å². The largest absolute Gasteiger partial charge is 0.365 e. The molecular formula is C21H22FN3O2S. The Balaban J connectivity index is 2.09. The Hall–Kier alpha value is -2.80. The van der Waals surface area contributed by atoms with Crippen molar-refractivity contribution in [1.29, 1.82) is 0 Å². The van der Waals surface area contributed by atoms with Crippen molar-refractivity contribution in [3.63, 3.8) is 0 Å². The van der Waals surface area contributed by atoms with Gasteiger partial charge in [0.25, 0.3) is 11.8 Å². The molecule has 2 aliphatic heterocycles. The van der Waals surface area contributed by atoms with Crippen LogP contribution in [0.25, 0.3) is 11.6 Å². The van der Waals surface area contributed by atoms with Crippen molar-refractivity contribution in [2.24, 2.45) is 0 Å². The Morgan fingerprint density at radius 1 is 1.32 bits per heavy atom. The van der Waals surface area contributed by atoms with E-state index in [0.717, 1.165) is 16.8 Å². The molecule has 1 aromatic rings. The van der Waals surface area contributed by atoms with Crippen LogP contribution in [0, 0.1) is 5.82 Å². The highest BCUT2D eigenvalue weighted by molar-refractivity contribution is 7.80. The van der Waals surface area contributed by atoms with E-state index in [1.54, 1.807) is 6.07 Å². The minimum atomic E-state index is -0.641. The molecule has 7 heteroatoms. The number of likely N-dealkylation sites (N-methyl/N-ethyl adjacent to an activating group) is 1. The molecule has 0 aromatic heterocycles. The molecule has 0 spiro atoms. The lowest BCUT2D eigenvalue weighted by Crippen LogP contribution is -2.53. The van der Waals surface area contributed by atoms with Gasteiger partial charge in [-0.1, -0.05) is 12.2 Å². The van der Waals surface area contributed by atoms with Gasteiger partial charge in [-0.25, -0.2) is 4.39 Å². The van der Waals surface area contributed by atoms with Crippen molar-refractivity contribution >= 4 is 46.5 Å². The van der Waals surface area contributed by atoms with Crippen LogP contribution in [0.1, 0.15) is 31.9 Å². The number of rotatable bonds is 3. The number of anilines is 1. The predicted molar refractivity (Wildman–Crippen MR) is 113 cm³/mol. The van der Waals surface area contributed by atoms with Crippen molar-refractivity contribution in [2.45, 2.75) is 26.3 Å². The summed E-state index contributed by atoms with van der Waals surface area (Å²) in [6, 6.07) is 3.11. The molecule has 1 fully saturated rings. The number of nitrogens with zero attached hydrogens (tertiary/aromatic N) is 2. The molecule has 0 saturated carbocycles. The number of carbonyl (C=O) groups excluding carboxylic acids is 2. The summed E-state index contributed by atoms with van der Waals surface area (Å²) in [6.45, 7) is 9.81. The second kappa shape index (κ2) is 6.98. The number of halogens is 1. The Bertz CT molecular complexity index is 978. The summed E-state index contributed by atoms with van der Waals surface area (Å²) in [6.07, 6.45) is 4.88. The number of nitrogens with one attached hydrogen (secondary N) is 1. The van der Waals surface area contributed by atoms with E-state index in [0.29, 0.717) is 0 Å². The standard InChI is InChI=1S/C21H22FN3O2S/c1-6-7-25-19(27)15(18(26)23-20(25)28)9-13-8-14-12(2)11-21(3,4)24(5)17(14)10-16(13)22/h6,8-11H,1,7H2,2-5H3,(H,23,26,28)/b15-9+. The first-order valence-electron chi connectivity index (χ1n) is 8.84. The molecule has 0 radical (unpaired) electrons. The second-order valence-electron chi connectivity index (χ2n) is 7.45. The average Bonchev–Trinajstić information content (AvgIpc) is 2.60. The predicted octanol–water partition coefficient (Wildman–Crippen LogP) is 3.27. The minimum Gasteiger partial charge on any atom is -0.365 e. The minimum absolute atomic E-state index is 0.0144. The van der Waals surface area contributed by atoms with Crippen molar-refractivity contribution in [2.75, 3.05) is 18.5 Å². The van der Waals surface area contributed by atoms with Crippen LogP contribution in [0.3, 0.4) is 0 Å². The third kappa shape index (κ3) is 3.26. The first-order valence-corrected chi connectivity index (χ1v) is 9.24. The maximum Gasteiger partial charge on any atom is 0.265 e. The van der Waals surface area contributed by atoms with Gasteiger partial charge in [0.1, 0.15) is 11.4 Å². The molecule has 0 unspecified atom stereocenters. The van der Waals surface area contributed by atoms with Crippen molar-refractivity contribution in [1.82, 2.24) is 10.2 Å². The highest BCUT2D eigenvalue weighted by Gasteiger charge is 2.33. The van der Waals surface area contributed by atoms with Crippen molar-refractivity contribution < 1.29 is 14.0 Å². The maximum atomic E-state index is 14.9. The van der Waals surface area contributed by atoms with E-state index < -0.39 is 17.6 Å². The zero-order valence-corrected chi connectivity index (χ0v) is 17.1. The number of hydrogen-bond donors (Lipinski definition) is 1. The van der Waals surface area contributed by atoms with Gasteiger partial charge in [0.15, 0.2) is 5.11 Å². The number of thiocarbonyl (C=S) groups is 1. The van der Waals surface area contributed by atoms with Gasteiger partial charge < -0.3 is 4.90 Å². The summed E-state index contributed by atoms with van der Waals surface area (Å²) >= 11 is 5.03. The smallest absolute Gasteiger partial charge is 0.265 e. The summed E-state index contributed by atoms with van der Waals surface area (Å²) in [5.74, 6) is -1.72. The molecule has 28 heavy (non-hydrogen) atoms. The molecule has 2 heterocycles. The molecule has 2 amide bonds. The first kappa shape index (κ1) is 19.9. The van der Waals surface area contributed by atoms with Crippen LogP contribution in [0.4, 0.5) is 10.1 Å². The molecule has 1 N–H and O–H groups in total. The average molecular weight is 399 g/mol. The van der Waals surface area contributed by atoms with Crippen LogP contribution in [0.5, 0.6) is 0 Å². The van der Waals surface area contributed by atoms with E-state index >= 15 is 0 Å². The molecule has 0 aliphatic carbocycles. The Morgan fingerprint density at radius 3 is 2.64 bits per heavy atom. The van der Waals surface area contributed by atoms with Crippen molar-refractivity contribution in [3.05, 3.63) is 53.4 Å².